The maximum atomic E-state index is 13.0. The predicted molar refractivity (Wildman–Crippen MR) is 88.1 cm³/mol. The molecule has 24 heavy (non-hydrogen) atoms. The summed E-state index contributed by atoms with van der Waals surface area (Å²) in [5.74, 6) is -0.269. The minimum absolute atomic E-state index is 0.0255. The molecule has 1 amide bonds. The topological polar surface area (TPSA) is 47.4 Å². The Morgan fingerprint density at radius 3 is 2.67 bits per heavy atom. The third-order valence-corrected chi connectivity index (χ3v) is 4.62. The number of rotatable bonds is 3. The van der Waals surface area contributed by atoms with Crippen molar-refractivity contribution in [1.29, 1.82) is 0 Å². The average molecular weight is 331 g/mol. The highest BCUT2D eigenvalue weighted by Crippen LogP contribution is 2.29. The molecule has 3 rings (SSSR count). The van der Waals surface area contributed by atoms with E-state index in [0.29, 0.717) is 19.8 Å². The number of hydrogen-bond donors (Lipinski definition) is 0. The van der Waals surface area contributed by atoms with Gasteiger partial charge in [-0.2, -0.15) is 5.10 Å². The third kappa shape index (κ3) is 3.19. The lowest BCUT2D eigenvalue weighted by Crippen LogP contribution is -2.44. The van der Waals surface area contributed by atoms with Gasteiger partial charge in [0.1, 0.15) is 5.82 Å². The Bertz CT molecular complexity index is 739. The van der Waals surface area contributed by atoms with Gasteiger partial charge < -0.3 is 9.64 Å². The van der Waals surface area contributed by atoms with E-state index in [2.05, 4.69) is 5.10 Å². The predicted octanol–water partition coefficient (Wildman–Crippen LogP) is 2.32. The molecule has 1 saturated heterocycles. The van der Waals surface area contributed by atoms with Gasteiger partial charge in [0.2, 0.25) is 5.91 Å². The summed E-state index contributed by atoms with van der Waals surface area (Å²) in [5, 5.41) is 4.45. The first kappa shape index (κ1) is 16.6. The molecule has 1 fully saturated rings. The first-order chi connectivity index (χ1) is 11.5. The highest BCUT2D eigenvalue weighted by atomic mass is 19.1. The van der Waals surface area contributed by atoms with Crippen LogP contribution in [0.3, 0.4) is 0 Å². The summed E-state index contributed by atoms with van der Waals surface area (Å²) in [7, 11) is 1.90. The summed E-state index contributed by atoms with van der Waals surface area (Å²) in [5.41, 5.74) is 3.84. The highest BCUT2D eigenvalue weighted by Gasteiger charge is 2.32. The Morgan fingerprint density at radius 1 is 1.33 bits per heavy atom. The number of amides is 1. The minimum Gasteiger partial charge on any atom is -0.377 e. The monoisotopic (exact) mass is 331 g/mol. The second kappa shape index (κ2) is 6.73. The number of aromatic nitrogens is 2. The Balaban J connectivity index is 1.84. The number of carbonyl (C=O) groups excluding carboxylic acids is 1. The summed E-state index contributed by atoms with van der Waals surface area (Å²) in [6.07, 6.45) is 0.259. The summed E-state index contributed by atoms with van der Waals surface area (Å²) in [6, 6.07) is 5.95. The SMILES string of the molecule is Cc1nn(C)c(C)c1[C@H]1COCCN1C(=O)Cc1ccc(F)cc1. The molecule has 5 nitrogen and oxygen atoms in total. The molecule has 1 aliphatic rings. The van der Waals surface area contributed by atoms with Crippen LogP contribution < -0.4 is 0 Å². The Morgan fingerprint density at radius 2 is 2.04 bits per heavy atom. The smallest absolute Gasteiger partial charge is 0.227 e. The number of carbonyl (C=O) groups is 1. The molecule has 0 aliphatic carbocycles. The van der Waals surface area contributed by atoms with Crippen LogP contribution in [0.1, 0.15) is 28.6 Å². The molecule has 0 saturated carbocycles. The Labute approximate surface area is 141 Å². The maximum absolute atomic E-state index is 13.0. The summed E-state index contributed by atoms with van der Waals surface area (Å²) in [6.45, 7) is 5.52. The zero-order valence-corrected chi connectivity index (χ0v) is 14.3. The fourth-order valence-electron chi connectivity index (χ4n) is 3.29. The maximum Gasteiger partial charge on any atom is 0.227 e. The number of aryl methyl sites for hydroxylation is 2. The van der Waals surface area contributed by atoms with Gasteiger partial charge in [0.05, 0.1) is 31.4 Å². The van der Waals surface area contributed by atoms with Gasteiger partial charge in [-0.3, -0.25) is 9.48 Å². The molecule has 6 heteroatoms. The molecule has 2 heterocycles. The molecule has 1 aromatic heterocycles. The summed E-state index contributed by atoms with van der Waals surface area (Å²) in [4.78, 5) is 14.7. The van der Waals surface area contributed by atoms with Crippen LogP contribution in [-0.2, 0) is 23.0 Å². The zero-order chi connectivity index (χ0) is 17.3. The van der Waals surface area contributed by atoms with E-state index in [4.69, 9.17) is 4.74 Å². The van der Waals surface area contributed by atoms with Gasteiger partial charge in [0.25, 0.3) is 0 Å². The van der Waals surface area contributed by atoms with E-state index in [1.54, 1.807) is 12.1 Å². The molecule has 0 unspecified atom stereocenters. The standard InChI is InChI=1S/C18H22FN3O2/c1-12-18(13(2)21(3)20-12)16-11-24-9-8-22(16)17(23)10-14-4-6-15(19)7-5-14/h4-7,16H,8-11H2,1-3H3/t16-/m1/s1. The van der Waals surface area contributed by atoms with Crippen molar-refractivity contribution in [2.75, 3.05) is 19.8 Å². The van der Waals surface area contributed by atoms with E-state index in [-0.39, 0.29) is 24.2 Å². The van der Waals surface area contributed by atoms with Crippen molar-refractivity contribution in [2.24, 2.45) is 7.05 Å². The lowest BCUT2D eigenvalue weighted by molar-refractivity contribution is -0.139. The first-order valence-electron chi connectivity index (χ1n) is 8.09. The van der Waals surface area contributed by atoms with Crippen molar-refractivity contribution in [3.05, 3.63) is 52.6 Å². The minimum atomic E-state index is -0.294. The highest BCUT2D eigenvalue weighted by molar-refractivity contribution is 5.79. The molecule has 1 atom stereocenters. The first-order valence-corrected chi connectivity index (χ1v) is 8.09. The fourth-order valence-corrected chi connectivity index (χ4v) is 3.29. The number of ether oxygens (including phenoxy) is 1. The van der Waals surface area contributed by atoms with Gasteiger partial charge in [-0.05, 0) is 31.5 Å². The van der Waals surface area contributed by atoms with Crippen LogP contribution in [0.25, 0.3) is 0 Å². The molecule has 1 aromatic carbocycles. The number of benzene rings is 1. The molecule has 2 aromatic rings. The molecule has 1 aliphatic heterocycles. The van der Waals surface area contributed by atoms with E-state index < -0.39 is 0 Å². The number of morpholine rings is 1. The van der Waals surface area contributed by atoms with Crippen molar-refractivity contribution in [1.82, 2.24) is 14.7 Å². The van der Waals surface area contributed by atoms with Crippen LogP contribution in [0, 0.1) is 19.7 Å². The van der Waals surface area contributed by atoms with Crippen LogP contribution in [0.15, 0.2) is 24.3 Å². The van der Waals surface area contributed by atoms with Crippen LogP contribution in [0.5, 0.6) is 0 Å². The van der Waals surface area contributed by atoms with E-state index >= 15 is 0 Å². The van der Waals surface area contributed by atoms with Crippen LogP contribution in [0.2, 0.25) is 0 Å². The van der Waals surface area contributed by atoms with Gasteiger partial charge >= 0.3 is 0 Å². The van der Waals surface area contributed by atoms with Gasteiger partial charge in [-0.25, -0.2) is 4.39 Å². The zero-order valence-electron chi connectivity index (χ0n) is 14.3. The second-order valence-electron chi connectivity index (χ2n) is 6.19. The van der Waals surface area contributed by atoms with Gasteiger partial charge in [0.15, 0.2) is 0 Å². The Hall–Kier alpha value is -2.21. The summed E-state index contributed by atoms with van der Waals surface area (Å²) >= 11 is 0. The average Bonchev–Trinajstić information content (AvgIpc) is 2.82. The van der Waals surface area contributed by atoms with Gasteiger partial charge in [-0.1, -0.05) is 12.1 Å². The molecule has 0 radical (unpaired) electrons. The van der Waals surface area contributed by atoms with E-state index in [9.17, 15) is 9.18 Å². The Kier molecular flexibility index (Phi) is 4.66. The van der Waals surface area contributed by atoms with Crippen molar-refractivity contribution in [3.63, 3.8) is 0 Å². The van der Waals surface area contributed by atoms with Crippen molar-refractivity contribution in [2.45, 2.75) is 26.3 Å². The third-order valence-electron chi connectivity index (χ3n) is 4.62. The summed E-state index contributed by atoms with van der Waals surface area (Å²) < 4.78 is 20.5. The van der Waals surface area contributed by atoms with E-state index in [1.807, 2.05) is 30.5 Å². The normalized spacial score (nSPS) is 18.0. The fraction of sp³-hybridized carbons (Fsp3) is 0.444. The van der Waals surface area contributed by atoms with Crippen LogP contribution >= 0.6 is 0 Å². The van der Waals surface area contributed by atoms with Crippen molar-refractivity contribution < 1.29 is 13.9 Å². The molecule has 0 N–H and O–H groups in total. The number of nitrogens with zero attached hydrogens (tertiary/aromatic N) is 3. The quantitative estimate of drug-likeness (QED) is 0.867. The number of halogens is 1. The largest absolute Gasteiger partial charge is 0.377 e. The van der Waals surface area contributed by atoms with E-state index in [1.165, 1.54) is 12.1 Å². The molecular weight excluding hydrogens is 309 g/mol. The van der Waals surface area contributed by atoms with E-state index in [0.717, 1.165) is 22.5 Å². The lowest BCUT2D eigenvalue weighted by Gasteiger charge is -2.36. The van der Waals surface area contributed by atoms with Crippen LogP contribution in [0.4, 0.5) is 4.39 Å². The molecule has 0 spiro atoms. The number of hydrogen-bond acceptors (Lipinski definition) is 3. The van der Waals surface area contributed by atoms with Crippen molar-refractivity contribution in [3.8, 4) is 0 Å². The van der Waals surface area contributed by atoms with Crippen LogP contribution in [-0.4, -0.2) is 40.3 Å². The molecule has 128 valence electrons. The lowest BCUT2D eigenvalue weighted by atomic mass is 10.0. The molecule has 0 bridgehead atoms. The van der Waals surface area contributed by atoms with Crippen molar-refractivity contribution >= 4 is 5.91 Å². The molecular formula is C18H22FN3O2. The van der Waals surface area contributed by atoms with Gasteiger partial charge in [0, 0.05) is 24.8 Å². The second-order valence-corrected chi connectivity index (χ2v) is 6.19. The van der Waals surface area contributed by atoms with Gasteiger partial charge in [-0.15, -0.1) is 0 Å².